The standard InChI is InChI=1S/C21H18N4O3S2/c1-28-15-8-6-14(7-9-15)18(26)12-25-17-5-3-2-4-16(17)23-21(25)30-13-19(27)24-20-22-10-11-29-20/h2-11H,12-13H2,1H3,(H,22,24,27). The molecule has 0 unspecified atom stereocenters. The van der Waals surface area contributed by atoms with Crippen LogP contribution in [0.4, 0.5) is 5.13 Å². The van der Waals surface area contributed by atoms with Crippen molar-refractivity contribution in [2.75, 3.05) is 18.2 Å². The number of carbonyl (C=O) groups is 2. The number of carbonyl (C=O) groups excluding carboxylic acids is 2. The first-order chi connectivity index (χ1) is 14.6. The lowest BCUT2D eigenvalue weighted by Crippen LogP contribution is -2.15. The van der Waals surface area contributed by atoms with Crippen molar-refractivity contribution in [2.24, 2.45) is 0 Å². The van der Waals surface area contributed by atoms with E-state index in [0.717, 1.165) is 11.0 Å². The zero-order valence-corrected chi connectivity index (χ0v) is 17.7. The number of Topliss-reactive ketones (excluding diaryl/α,β-unsaturated/α-hetero) is 1. The molecule has 2 aromatic heterocycles. The lowest BCUT2D eigenvalue weighted by Gasteiger charge is -2.09. The highest BCUT2D eigenvalue weighted by molar-refractivity contribution is 7.99. The van der Waals surface area contributed by atoms with Crippen LogP contribution in [0.1, 0.15) is 10.4 Å². The summed E-state index contributed by atoms with van der Waals surface area (Å²) in [5, 5.41) is 5.73. The summed E-state index contributed by atoms with van der Waals surface area (Å²) < 4.78 is 7.00. The van der Waals surface area contributed by atoms with Crippen molar-refractivity contribution in [2.45, 2.75) is 11.7 Å². The molecule has 152 valence electrons. The molecule has 30 heavy (non-hydrogen) atoms. The predicted octanol–water partition coefficient (Wildman–Crippen LogP) is 4.12. The smallest absolute Gasteiger partial charge is 0.236 e. The predicted molar refractivity (Wildman–Crippen MR) is 119 cm³/mol. The van der Waals surface area contributed by atoms with Gasteiger partial charge in [-0.2, -0.15) is 0 Å². The van der Waals surface area contributed by atoms with Gasteiger partial charge in [0.05, 0.1) is 30.4 Å². The molecule has 1 amide bonds. The van der Waals surface area contributed by atoms with Crippen LogP contribution in [-0.4, -0.2) is 39.1 Å². The number of hydrogen-bond acceptors (Lipinski definition) is 7. The maximum absolute atomic E-state index is 12.9. The van der Waals surface area contributed by atoms with Crippen molar-refractivity contribution in [1.82, 2.24) is 14.5 Å². The molecule has 0 bridgehead atoms. The van der Waals surface area contributed by atoms with E-state index in [1.807, 2.05) is 28.8 Å². The van der Waals surface area contributed by atoms with Crippen LogP contribution in [0.15, 0.2) is 65.3 Å². The van der Waals surface area contributed by atoms with E-state index in [0.29, 0.717) is 21.6 Å². The third-order valence-electron chi connectivity index (χ3n) is 4.34. The highest BCUT2D eigenvalue weighted by Crippen LogP contribution is 2.25. The van der Waals surface area contributed by atoms with E-state index in [-0.39, 0.29) is 24.0 Å². The summed E-state index contributed by atoms with van der Waals surface area (Å²) in [6, 6.07) is 14.6. The molecular weight excluding hydrogens is 420 g/mol. The summed E-state index contributed by atoms with van der Waals surface area (Å²) >= 11 is 2.65. The first kappa shape index (κ1) is 20.1. The van der Waals surface area contributed by atoms with E-state index >= 15 is 0 Å². The molecule has 2 aromatic carbocycles. The molecular formula is C21H18N4O3S2. The summed E-state index contributed by atoms with van der Waals surface area (Å²) in [5.41, 5.74) is 2.22. The fraction of sp³-hybridized carbons (Fsp3) is 0.143. The van der Waals surface area contributed by atoms with Gasteiger partial charge in [-0.3, -0.25) is 9.59 Å². The van der Waals surface area contributed by atoms with Crippen LogP contribution in [0.25, 0.3) is 11.0 Å². The maximum atomic E-state index is 12.9. The van der Waals surface area contributed by atoms with Crippen molar-refractivity contribution in [3.05, 3.63) is 65.7 Å². The Morgan fingerprint density at radius 1 is 1.17 bits per heavy atom. The molecule has 0 atom stereocenters. The summed E-state index contributed by atoms with van der Waals surface area (Å²) in [5.74, 6) is 0.645. The fourth-order valence-electron chi connectivity index (χ4n) is 2.90. The molecule has 0 radical (unpaired) electrons. The lowest BCUT2D eigenvalue weighted by atomic mass is 10.1. The van der Waals surface area contributed by atoms with Crippen molar-refractivity contribution >= 4 is 51.0 Å². The number of nitrogens with one attached hydrogen (secondary N) is 1. The molecule has 4 aromatic rings. The Morgan fingerprint density at radius 2 is 1.97 bits per heavy atom. The number of ether oxygens (including phenoxy) is 1. The summed E-state index contributed by atoms with van der Waals surface area (Å²) in [6.07, 6.45) is 1.64. The number of anilines is 1. The average Bonchev–Trinajstić information content (AvgIpc) is 3.40. The number of amides is 1. The van der Waals surface area contributed by atoms with Crippen LogP contribution in [0.2, 0.25) is 0 Å². The van der Waals surface area contributed by atoms with Gasteiger partial charge < -0.3 is 14.6 Å². The number of thiazole rings is 1. The molecule has 0 aliphatic rings. The number of aromatic nitrogens is 3. The van der Waals surface area contributed by atoms with Crippen LogP contribution in [-0.2, 0) is 11.3 Å². The zero-order valence-electron chi connectivity index (χ0n) is 16.1. The SMILES string of the molecule is COc1ccc(C(=O)Cn2c(SCC(=O)Nc3nccs3)nc3ccccc32)cc1. The number of methoxy groups -OCH3 is 1. The number of nitrogens with zero attached hydrogens (tertiary/aromatic N) is 3. The van der Waals surface area contributed by atoms with Gasteiger partial charge in [-0.15, -0.1) is 11.3 Å². The Labute approximate surface area is 181 Å². The molecule has 0 aliphatic heterocycles. The number of ketones is 1. The summed E-state index contributed by atoms with van der Waals surface area (Å²) in [6.45, 7) is 0.128. The second kappa shape index (κ2) is 9.10. The number of para-hydroxylation sites is 2. The van der Waals surface area contributed by atoms with Crippen LogP contribution >= 0.6 is 23.1 Å². The van der Waals surface area contributed by atoms with Gasteiger partial charge in [0.2, 0.25) is 5.91 Å². The van der Waals surface area contributed by atoms with Gasteiger partial charge >= 0.3 is 0 Å². The highest BCUT2D eigenvalue weighted by atomic mass is 32.2. The van der Waals surface area contributed by atoms with Crippen molar-refractivity contribution in [3.8, 4) is 5.75 Å². The molecule has 0 fully saturated rings. The van der Waals surface area contributed by atoms with E-state index < -0.39 is 0 Å². The first-order valence-corrected chi connectivity index (χ1v) is 11.0. The van der Waals surface area contributed by atoms with E-state index in [1.165, 1.54) is 23.1 Å². The molecule has 1 N–H and O–H groups in total. The Morgan fingerprint density at radius 3 is 2.70 bits per heavy atom. The zero-order chi connectivity index (χ0) is 20.9. The Hall–Kier alpha value is -3.17. The number of hydrogen-bond donors (Lipinski definition) is 1. The van der Waals surface area contributed by atoms with Crippen LogP contribution in [0, 0.1) is 0 Å². The normalized spacial score (nSPS) is 10.8. The third kappa shape index (κ3) is 4.52. The second-order valence-electron chi connectivity index (χ2n) is 6.30. The van der Waals surface area contributed by atoms with Crippen molar-refractivity contribution in [1.29, 1.82) is 0 Å². The Bertz CT molecular complexity index is 1170. The van der Waals surface area contributed by atoms with E-state index in [1.54, 1.807) is 43.0 Å². The first-order valence-electron chi connectivity index (χ1n) is 9.08. The van der Waals surface area contributed by atoms with Gasteiger partial charge in [-0.25, -0.2) is 9.97 Å². The average molecular weight is 439 g/mol. The van der Waals surface area contributed by atoms with E-state index in [4.69, 9.17) is 4.74 Å². The van der Waals surface area contributed by atoms with Gasteiger partial charge in [-0.1, -0.05) is 23.9 Å². The lowest BCUT2D eigenvalue weighted by molar-refractivity contribution is -0.113. The maximum Gasteiger partial charge on any atom is 0.236 e. The molecule has 0 spiro atoms. The minimum absolute atomic E-state index is 0.0464. The fourth-order valence-corrected chi connectivity index (χ4v) is 4.26. The largest absolute Gasteiger partial charge is 0.497 e. The van der Waals surface area contributed by atoms with E-state index in [2.05, 4.69) is 15.3 Å². The van der Waals surface area contributed by atoms with Crippen LogP contribution in [0.5, 0.6) is 5.75 Å². The van der Waals surface area contributed by atoms with Crippen molar-refractivity contribution in [3.63, 3.8) is 0 Å². The number of rotatable bonds is 8. The van der Waals surface area contributed by atoms with Gasteiger partial charge in [-0.05, 0) is 36.4 Å². The quantitative estimate of drug-likeness (QED) is 0.329. The number of fused-ring (bicyclic) bond motifs is 1. The topological polar surface area (TPSA) is 86.1 Å². The van der Waals surface area contributed by atoms with Crippen molar-refractivity contribution < 1.29 is 14.3 Å². The minimum atomic E-state index is -0.171. The highest BCUT2D eigenvalue weighted by Gasteiger charge is 2.17. The van der Waals surface area contributed by atoms with E-state index in [9.17, 15) is 9.59 Å². The van der Waals surface area contributed by atoms with Gasteiger partial charge in [0, 0.05) is 17.1 Å². The minimum Gasteiger partial charge on any atom is -0.497 e. The number of imidazole rings is 1. The van der Waals surface area contributed by atoms with Crippen LogP contribution in [0.3, 0.4) is 0 Å². The van der Waals surface area contributed by atoms with Crippen LogP contribution < -0.4 is 10.1 Å². The number of benzene rings is 2. The van der Waals surface area contributed by atoms with Gasteiger partial charge in [0.1, 0.15) is 5.75 Å². The second-order valence-corrected chi connectivity index (χ2v) is 8.13. The number of thioether (sulfide) groups is 1. The Kier molecular flexibility index (Phi) is 6.10. The van der Waals surface area contributed by atoms with Gasteiger partial charge in [0.15, 0.2) is 16.1 Å². The molecule has 2 heterocycles. The summed E-state index contributed by atoms with van der Waals surface area (Å²) in [7, 11) is 1.59. The Balaban J connectivity index is 1.53. The molecule has 0 saturated carbocycles. The molecule has 0 saturated heterocycles. The molecule has 0 aliphatic carbocycles. The summed E-state index contributed by atoms with van der Waals surface area (Å²) in [4.78, 5) is 33.8. The molecule has 4 rings (SSSR count). The molecule has 9 heteroatoms. The third-order valence-corrected chi connectivity index (χ3v) is 6.01. The van der Waals surface area contributed by atoms with Gasteiger partial charge in [0.25, 0.3) is 0 Å². The molecule has 7 nitrogen and oxygen atoms in total. The monoisotopic (exact) mass is 438 g/mol.